The molecule has 0 saturated heterocycles. The molecule has 0 bridgehead atoms. The van der Waals surface area contributed by atoms with Crippen LogP contribution in [0, 0.1) is 23.4 Å². The lowest BCUT2D eigenvalue weighted by atomic mass is 10.1. The number of aromatic nitrogens is 1. The van der Waals surface area contributed by atoms with E-state index in [0.29, 0.717) is 25.2 Å². The van der Waals surface area contributed by atoms with Crippen molar-refractivity contribution >= 4 is 11.8 Å². The molecule has 2 heterocycles. The summed E-state index contributed by atoms with van der Waals surface area (Å²) in [6.45, 7) is 4.40. The Morgan fingerprint density at radius 1 is 1.19 bits per heavy atom. The zero-order valence-electron chi connectivity index (χ0n) is 17.0. The Bertz CT molecular complexity index is 1080. The minimum absolute atomic E-state index is 0.202. The van der Waals surface area contributed by atoms with Gasteiger partial charge in [-0.3, -0.25) is 14.4 Å². The van der Waals surface area contributed by atoms with Gasteiger partial charge in [-0.25, -0.2) is 13.2 Å². The number of hydrogen-bond donors (Lipinski definition) is 2. The van der Waals surface area contributed by atoms with E-state index in [4.69, 9.17) is 0 Å². The number of aromatic hydroxyl groups is 1. The minimum Gasteiger partial charge on any atom is -0.503 e. The van der Waals surface area contributed by atoms with Gasteiger partial charge in [-0.15, -0.1) is 0 Å². The quantitative estimate of drug-likeness (QED) is 0.726. The second kappa shape index (κ2) is 8.83. The van der Waals surface area contributed by atoms with Crippen molar-refractivity contribution in [2.45, 2.75) is 33.4 Å². The minimum atomic E-state index is -1.19. The molecule has 0 spiro atoms. The molecule has 0 fully saturated rings. The highest BCUT2D eigenvalue weighted by atomic mass is 19.1. The van der Waals surface area contributed by atoms with E-state index in [-0.39, 0.29) is 18.2 Å². The van der Waals surface area contributed by atoms with E-state index in [1.54, 1.807) is 4.90 Å². The van der Waals surface area contributed by atoms with Crippen LogP contribution in [-0.4, -0.2) is 39.5 Å². The van der Waals surface area contributed by atoms with Gasteiger partial charge in [0.2, 0.25) is 5.43 Å². The van der Waals surface area contributed by atoms with Gasteiger partial charge >= 0.3 is 0 Å². The Morgan fingerprint density at radius 2 is 1.84 bits per heavy atom. The summed E-state index contributed by atoms with van der Waals surface area (Å²) in [5.41, 5.74) is -2.32. The zero-order valence-corrected chi connectivity index (χ0v) is 17.0. The predicted molar refractivity (Wildman–Crippen MR) is 105 cm³/mol. The third-order valence-corrected chi connectivity index (χ3v) is 5.36. The largest absolute Gasteiger partial charge is 0.503 e. The lowest BCUT2D eigenvalue weighted by molar-refractivity contribution is 0.0668. The summed E-state index contributed by atoms with van der Waals surface area (Å²) in [6, 6.07) is 0.946. The molecule has 1 aliphatic heterocycles. The standard InChI is InChI=1S/C21H22F3N3O4/c1-3-11(2)9-27-5-4-26-10-14(18(28)19(29)17(26)21(27)31)20(30)25-8-13-15(23)6-12(22)7-16(13)24/h6-7,10-11,29H,3-5,8-9H2,1-2H3,(H,25,30). The molecule has 0 saturated carbocycles. The van der Waals surface area contributed by atoms with Gasteiger partial charge in [0.15, 0.2) is 11.4 Å². The number of fused-ring (bicyclic) bond motifs is 1. The average molecular weight is 437 g/mol. The smallest absolute Gasteiger partial charge is 0.274 e. The van der Waals surface area contributed by atoms with Crippen LogP contribution in [0.25, 0.3) is 0 Å². The number of nitrogens with zero attached hydrogens (tertiary/aromatic N) is 2. The number of amides is 2. The second-order valence-corrected chi connectivity index (χ2v) is 7.56. The van der Waals surface area contributed by atoms with Crippen LogP contribution in [-0.2, 0) is 13.1 Å². The molecule has 1 aromatic carbocycles. The highest BCUT2D eigenvalue weighted by molar-refractivity contribution is 5.99. The number of carbonyl (C=O) groups excluding carboxylic acids is 2. The van der Waals surface area contributed by atoms with Gasteiger partial charge in [-0.05, 0) is 5.92 Å². The summed E-state index contributed by atoms with van der Waals surface area (Å²) >= 11 is 0. The van der Waals surface area contributed by atoms with Crippen LogP contribution >= 0.6 is 0 Å². The van der Waals surface area contributed by atoms with Gasteiger partial charge in [0.1, 0.15) is 23.0 Å². The fourth-order valence-corrected chi connectivity index (χ4v) is 3.38. The molecule has 1 atom stereocenters. The molecule has 1 aromatic heterocycles. The number of halogens is 3. The number of hydrogen-bond acceptors (Lipinski definition) is 4. The van der Waals surface area contributed by atoms with E-state index < -0.39 is 58.1 Å². The third kappa shape index (κ3) is 4.42. The maximum absolute atomic E-state index is 13.7. The van der Waals surface area contributed by atoms with Crippen molar-refractivity contribution in [3.8, 4) is 5.75 Å². The van der Waals surface area contributed by atoms with Crippen LogP contribution in [0.15, 0.2) is 23.1 Å². The molecule has 3 rings (SSSR count). The van der Waals surface area contributed by atoms with Crippen molar-refractivity contribution < 1.29 is 27.9 Å². The van der Waals surface area contributed by atoms with E-state index in [0.717, 1.165) is 12.6 Å². The molecule has 10 heteroatoms. The summed E-state index contributed by atoms with van der Waals surface area (Å²) in [6.07, 6.45) is 2.00. The first-order chi connectivity index (χ1) is 14.6. The molecular weight excluding hydrogens is 415 g/mol. The Balaban J connectivity index is 1.85. The molecule has 2 aromatic rings. The number of nitrogens with one attached hydrogen (secondary N) is 1. The highest BCUT2D eigenvalue weighted by Crippen LogP contribution is 2.22. The Kier molecular flexibility index (Phi) is 6.37. The Labute approximate surface area is 176 Å². The molecule has 1 aliphatic rings. The van der Waals surface area contributed by atoms with E-state index in [1.165, 1.54) is 4.57 Å². The first kappa shape index (κ1) is 22.4. The Morgan fingerprint density at radius 3 is 2.45 bits per heavy atom. The fraction of sp³-hybridized carbons (Fsp3) is 0.381. The van der Waals surface area contributed by atoms with Crippen molar-refractivity contribution in [1.82, 2.24) is 14.8 Å². The Hall–Kier alpha value is -3.30. The molecule has 0 aliphatic carbocycles. The van der Waals surface area contributed by atoms with Gasteiger partial charge in [0, 0.05) is 50.1 Å². The summed E-state index contributed by atoms with van der Waals surface area (Å²) in [4.78, 5) is 39.2. The highest BCUT2D eigenvalue weighted by Gasteiger charge is 2.31. The molecular formula is C21H22F3N3O4. The molecule has 166 valence electrons. The van der Waals surface area contributed by atoms with Crippen LogP contribution in [0.4, 0.5) is 13.2 Å². The molecule has 2 amide bonds. The molecule has 31 heavy (non-hydrogen) atoms. The first-order valence-corrected chi connectivity index (χ1v) is 9.81. The van der Waals surface area contributed by atoms with Gasteiger partial charge in [-0.1, -0.05) is 20.3 Å². The summed E-state index contributed by atoms with van der Waals surface area (Å²) in [5.74, 6) is -5.59. The summed E-state index contributed by atoms with van der Waals surface area (Å²) < 4.78 is 41.8. The summed E-state index contributed by atoms with van der Waals surface area (Å²) in [5, 5.41) is 12.5. The van der Waals surface area contributed by atoms with Crippen LogP contribution in [0.1, 0.15) is 46.7 Å². The normalized spacial score (nSPS) is 14.4. The van der Waals surface area contributed by atoms with Crippen LogP contribution in [0.2, 0.25) is 0 Å². The van der Waals surface area contributed by atoms with Crippen LogP contribution < -0.4 is 10.7 Å². The molecule has 1 unspecified atom stereocenters. The topological polar surface area (TPSA) is 91.6 Å². The van der Waals surface area contributed by atoms with E-state index in [2.05, 4.69) is 5.32 Å². The van der Waals surface area contributed by atoms with Gasteiger partial charge in [0.05, 0.1) is 0 Å². The van der Waals surface area contributed by atoms with Crippen LogP contribution in [0.5, 0.6) is 5.75 Å². The number of rotatable bonds is 6. The van der Waals surface area contributed by atoms with E-state index in [9.17, 15) is 32.7 Å². The summed E-state index contributed by atoms with van der Waals surface area (Å²) in [7, 11) is 0. The molecule has 2 N–H and O–H groups in total. The SMILES string of the molecule is CCC(C)CN1CCn2cc(C(=O)NCc3c(F)cc(F)cc3F)c(=O)c(O)c2C1=O. The maximum Gasteiger partial charge on any atom is 0.274 e. The predicted octanol–water partition coefficient (Wildman–Crippen LogP) is 2.40. The van der Waals surface area contributed by atoms with Crippen LogP contribution in [0.3, 0.4) is 0 Å². The zero-order chi connectivity index (χ0) is 22.9. The first-order valence-electron chi connectivity index (χ1n) is 9.81. The molecule has 0 radical (unpaired) electrons. The fourth-order valence-electron chi connectivity index (χ4n) is 3.38. The second-order valence-electron chi connectivity index (χ2n) is 7.56. The number of pyridine rings is 1. The van der Waals surface area contributed by atoms with Gasteiger partial charge < -0.3 is 19.9 Å². The molecule has 7 nitrogen and oxygen atoms in total. The lowest BCUT2D eigenvalue weighted by Crippen LogP contribution is -2.44. The monoisotopic (exact) mass is 437 g/mol. The average Bonchev–Trinajstić information content (AvgIpc) is 2.71. The van der Waals surface area contributed by atoms with Gasteiger partial charge in [-0.2, -0.15) is 0 Å². The van der Waals surface area contributed by atoms with E-state index >= 15 is 0 Å². The van der Waals surface area contributed by atoms with E-state index in [1.807, 2.05) is 13.8 Å². The van der Waals surface area contributed by atoms with Crippen molar-refractivity contribution in [2.24, 2.45) is 5.92 Å². The number of benzene rings is 1. The van der Waals surface area contributed by atoms with Crippen molar-refractivity contribution in [1.29, 1.82) is 0 Å². The van der Waals surface area contributed by atoms with Crippen molar-refractivity contribution in [2.75, 3.05) is 13.1 Å². The van der Waals surface area contributed by atoms with Crippen molar-refractivity contribution in [3.05, 3.63) is 62.8 Å². The number of carbonyl (C=O) groups is 2. The maximum atomic E-state index is 13.7. The van der Waals surface area contributed by atoms with Crippen molar-refractivity contribution in [3.63, 3.8) is 0 Å². The lowest BCUT2D eigenvalue weighted by Gasteiger charge is -2.32. The van der Waals surface area contributed by atoms with Gasteiger partial charge in [0.25, 0.3) is 11.8 Å². The third-order valence-electron chi connectivity index (χ3n) is 5.36.